The summed E-state index contributed by atoms with van der Waals surface area (Å²) >= 11 is 0. The molecule has 0 radical (unpaired) electrons. The van der Waals surface area contributed by atoms with E-state index < -0.39 is 6.03 Å². The monoisotopic (exact) mass is 668 g/mol. The summed E-state index contributed by atoms with van der Waals surface area (Å²) in [6.07, 6.45) is 4.13. The van der Waals surface area contributed by atoms with Gasteiger partial charge in [-0.25, -0.2) is 14.8 Å². The minimum Gasteiger partial charge on any atom is -0.484 e. The number of fused-ring (bicyclic) bond motifs is 2. The molecule has 0 saturated carbocycles. The summed E-state index contributed by atoms with van der Waals surface area (Å²) in [4.78, 5) is 38.2. The van der Waals surface area contributed by atoms with Gasteiger partial charge in [0.05, 0.1) is 17.9 Å². The standard InChI is InChI=1S/C38H52N8O3/c1-11-45(10)38(8,9)21-20-28(47)33-40-30(36(2,3)4)22-31(41-33)42-35(48)39-27-17-18-29(26-15-13-12-14-25(26)27)49-24-16-19-32-43-44-34(37(5,6)7)46(32)23-24/h12-16,19,22-23,27,29H,11,17-18,20-21H2,1-10H3,(H2,39,40,41,42,48)/t27-,29+/m0/s1. The lowest BCUT2D eigenvalue weighted by Crippen LogP contribution is -2.41. The molecule has 0 spiro atoms. The van der Waals surface area contributed by atoms with Crippen LogP contribution in [0.25, 0.3) is 5.65 Å². The Morgan fingerprint density at radius 2 is 1.65 bits per heavy atom. The molecule has 0 saturated heterocycles. The molecule has 0 bridgehead atoms. The topological polar surface area (TPSA) is 127 Å². The Balaban J connectivity index is 1.31. The van der Waals surface area contributed by atoms with Crippen LogP contribution >= 0.6 is 0 Å². The summed E-state index contributed by atoms with van der Waals surface area (Å²) in [5.41, 5.74) is 2.83. The van der Waals surface area contributed by atoms with E-state index in [0.29, 0.717) is 37.2 Å². The van der Waals surface area contributed by atoms with E-state index in [9.17, 15) is 9.59 Å². The number of anilines is 1. The van der Waals surface area contributed by atoms with E-state index in [0.717, 1.165) is 34.9 Å². The highest BCUT2D eigenvalue weighted by atomic mass is 16.5. The number of hydrogen-bond acceptors (Lipinski definition) is 8. The van der Waals surface area contributed by atoms with E-state index in [1.54, 1.807) is 6.07 Å². The molecule has 3 heterocycles. The first-order valence-corrected chi connectivity index (χ1v) is 17.3. The third kappa shape index (κ3) is 8.26. The largest absolute Gasteiger partial charge is 0.484 e. The molecule has 2 N–H and O–H groups in total. The Kier molecular flexibility index (Phi) is 10.2. The Labute approximate surface area is 290 Å². The number of ketones is 1. The molecule has 1 aromatic carbocycles. The average molecular weight is 669 g/mol. The first-order valence-electron chi connectivity index (χ1n) is 17.3. The number of pyridine rings is 1. The van der Waals surface area contributed by atoms with Gasteiger partial charge in [-0.1, -0.05) is 72.7 Å². The molecule has 0 unspecified atom stereocenters. The van der Waals surface area contributed by atoms with Crippen molar-refractivity contribution in [2.75, 3.05) is 18.9 Å². The Hall–Kier alpha value is -4.38. The highest BCUT2D eigenvalue weighted by Gasteiger charge is 2.31. The Morgan fingerprint density at radius 1 is 0.939 bits per heavy atom. The summed E-state index contributed by atoms with van der Waals surface area (Å²) in [5.74, 6) is 1.88. The van der Waals surface area contributed by atoms with Crippen LogP contribution in [0.5, 0.6) is 5.75 Å². The summed E-state index contributed by atoms with van der Waals surface area (Å²) in [7, 11) is 2.06. The van der Waals surface area contributed by atoms with E-state index in [2.05, 4.69) is 90.4 Å². The first-order chi connectivity index (χ1) is 23.0. The van der Waals surface area contributed by atoms with Crippen molar-refractivity contribution in [3.8, 4) is 5.75 Å². The van der Waals surface area contributed by atoms with Crippen LogP contribution in [0.15, 0.2) is 48.7 Å². The Morgan fingerprint density at radius 3 is 2.33 bits per heavy atom. The molecule has 5 rings (SSSR count). The van der Waals surface area contributed by atoms with Crippen molar-refractivity contribution < 1.29 is 14.3 Å². The predicted molar refractivity (Wildman–Crippen MR) is 192 cm³/mol. The van der Waals surface area contributed by atoms with Crippen molar-refractivity contribution in [2.24, 2.45) is 0 Å². The zero-order valence-electron chi connectivity index (χ0n) is 30.7. The van der Waals surface area contributed by atoms with Crippen LogP contribution in [-0.2, 0) is 10.8 Å². The average Bonchev–Trinajstić information content (AvgIpc) is 3.48. The third-order valence-corrected chi connectivity index (χ3v) is 9.52. The minimum absolute atomic E-state index is 0.125. The van der Waals surface area contributed by atoms with Crippen molar-refractivity contribution in [1.29, 1.82) is 0 Å². The number of aromatic nitrogens is 5. The zero-order valence-corrected chi connectivity index (χ0v) is 30.7. The van der Waals surface area contributed by atoms with Crippen LogP contribution in [0.2, 0.25) is 0 Å². The fourth-order valence-corrected chi connectivity index (χ4v) is 6.12. The summed E-state index contributed by atoms with van der Waals surface area (Å²) in [6.45, 7) is 19.7. The van der Waals surface area contributed by atoms with Gasteiger partial charge < -0.3 is 15.0 Å². The number of carbonyl (C=O) groups excluding carboxylic acids is 2. The van der Waals surface area contributed by atoms with Crippen molar-refractivity contribution in [1.82, 2.24) is 34.8 Å². The van der Waals surface area contributed by atoms with Gasteiger partial charge in [-0.05, 0) is 70.0 Å². The minimum atomic E-state index is -0.394. The maximum atomic E-state index is 13.5. The number of urea groups is 1. The molecule has 11 heteroatoms. The lowest BCUT2D eigenvalue weighted by Gasteiger charge is -2.34. The van der Waals surface area contributed by atoms with Gasteiger partial charge in [0.1, 0.15) is 23.5 Å². The molecule has 262 valence electrons. The fourth-order valence-electron chi connectivity index (χ4n) is 6.12. The van der Waals surface area contributed by atoms with Crippen LogP contribution < -0.4 is 15.4 Å². The molecule has 0 fully saturated rings. The van der Waals surface area contributed by atoms with Crippen LogP contribution in [0.1, 0.15) is 133 Å². The van der Waals surface area contributed by atoms with Crippen molar-refractivity contribution >= 4 is 23.3 Å². The van der Waals surface area contributed by atoms with E-state index in [1.807, 2.05) is 61.7 Å². The molecule has 2 amide bonds. The number of amides is 2. The van der Waals surface area contributed by atoms with Crippen molar-refractivity contribution in [3.05, 3.63) is 77.1 Å². The number of Topliss-reactive ketones (excluding diaryl/α,β-unsaturated/α-hetero) is 1. The maximum Gasteiger partial charge on any atom is 0.320 e. The fraction of sp³-hybridized carbons (Fsp3) is 0.526. The van der Waals surface area contributed by atoms with E-state index in [1.165, 1.54) is 0 Å². The SMILES string of the molecule is CCN(C)C(C)(C)CCC(=O)c1nc(NC(=O)N[C@H]2CC[C@@H](Oc3ccc4nnc(C(C)(C)C)n4c3)c3ccccc32)cc(C(C)(C)C)n1. The number of nitrogens with one attached hydrogen (secondary N) is 2. The third-order valence-electron chi connectivity index (χ3n) is 9.52. The second-order valence-corrected chi connectivity index (χ2v) is 15.8. The number of hydrogen-bond donors (Lipinski definition) is 2. The second-order valence-electron chi connectivity index (χ2n) is 15.8. The van der Waals surface area contributed by atoms with E-state index in [-0.39, 0.29) is 40.1 Å². The predicted octanol–water partition coefficient (Wildman–Crippen LogP) is 7.58. The van der Waals surface area contributed by atoms with Gasteiger partial charge >= 0.3 is 6.03 Å². The smallest absolute Gasteiger partial charge is 0.320 e. The molecular weight excluding hydrogens is 616 g/mol. The summed E-state index contributed by atoms with van der Waals surface area (Å²) < 4.78 is 8.55. The van der Waals surface area contributed by atoms with Crippen molar-refractivity contribution in [3.63, 3.8) is 0 Å². The summed E-state index contributed by atoms with van der Waals surface area (Å²) in [6, 6.07) is 13.0. The lowest BCUT2D eigenvalue weighted by molar-refractivity contribution is 0.0920. The van der Waals surface area contributed by atoms with Crippen LogP contribution in [0.3, 0.4) is 0 Å². The van der Waals surface area contributed by atoms with Crippen LogP contribution in [0, 0.1) is 0 Å². The molecule has 49 heavy (non-hydrogen) atoms. The van der Waals surface area contributed by atoms with Gasteiger partial charge in [0.2, 0.25) is 0 Å². The maximum absolute atomic E-state index is 13.5. The van der Waals surface area contributed by atoms with E-state index in [4.69, 9.17) is 4.74 Å². The molecule has 11 nitrogen and oxygen atoms in total. The second kappa shape index (κ2) is 13.9. The molecule has 2 atom stereocenters. The molecular formula is C38H52N8O3. The van der Waals surface area contributed by atoms with E-state index >= 15 is 0 Å². The molecule has 1 aliphatic carbocycles. The highest BCUT2D eigenvalue weighted by molar-refractivity contribution is 5.94. The number of nitrogens with zero attached hydrogens (tertiary/aromatic N) is 6. The van der Waals surface area contributed by atoms with Crippen LogP contribution in [-0.4, -0.2) is 60.4 Å². The quantitative estimate of drug-likeness (QED) is 0.166. The lowest BCUT2D eigenvalue weighted by atomic mass is 9.85. The zero-order chi connectivity index (χ0) is 35.7. The van der Waals surface area contributed by atoms with Gasteiger partial charge in [0, 0.05) is 28.9 Å². The molecule has 1 aliphatic rings. The number of carbonyl (C=O) groups is 2. The molecule has 4 aromatic rings. The highest BCUT2D eigenvalue weighted by Crippen LogP contribution is 2.39. The number of rotatable bonds is 10. The number of benzene rings is 1. The molecule has 0 aliphatic heterocycles. The van der Waals surface area contributed by atoms with Crippen LogP contribution in [0.4, 0.5) is 10.6 Å². The Bertz CT molecular complexity index is 1820. The van der Waals surface area contributed by atoms with Crippen molar-refractivity contribution in [2.45, 2.75) is 117 Å². The van der Waals surface area contributed by atoms with Gasteiger partial charge in [0.15, 0.2) is 17.3 Å². The normalized spacial score (nSPS) is 16.8. The summed E-state index contributed by atoms with van der Waals surface area (Å²) in [5, 5.41) is 14.8. The van der Waals surface area contributed by atoms with Gasteiger partial charge in [0.25, 0.3) is 0 Å². The molecule has 3 aromatic heterocycles. The number of ether oxygens (including phenoxy) is 1. The first kappa shape index (κ1) is 35.9. The van der Waals surface area contributed by atoms with Gasteiger partial charge in [-0.2, -0.15) is 0 Å². The van der Waals surface area contributed by atoms with Gasteiger partial charge in [-0.3, -0.25) is 14.5 Å². The van der Waals surface area contributed by atoms with Gasteiger partial charge in [-0.15, -0.1) is 10.2 Å².